The molecule has 23 heavy (non-hydrogen) atoms. The first-order valence-corrected chi connectivity index (χ1v) is 9.84. The summed E-state index contributed by atoms with van der Waals surface area (Å²) in [6, 6.07) is 6.41. The maximum atomic E-state index is 12.9. The molecule has 128 valence electrons. The third-order valence-electron chi connectivity index (χ3n) is 4.28. The summed E-state index contributed by atoms with van der Waals surface area (Å²) in [5.74, 6) is -0.227. The van der Waals surface area contributed by atoms with Crippen molar-refractivity contribution in [1.29, 1.82) is 0 Å². The lowest BCUT2D eigenvalue weighted by molar-refractivity contribution is 0.0953. The first-order valence-electron chi connectivity index (χ1n) is 8.40. The number of amides is 1. The van der Waals surface area contributed by atoms with Gasteiger partial charge >= 0.3 is 0 Å². The average Bonchev–Trinajstić information content (AvgIpc) is 2.59. The van der Waals surface area contributed by atoms with Crippen molar-refractivity contribution in [2.24, 2.45) is 0 Å². The van der Waals surface area contributed by atoms with Crippen LogP contribution in [0.5, 0.6) is 0 Å². The molecule has 1 N–H and O–H groups in total. The number of hydrogen-bond acceptors (Lipinski definition) is 3. The summed E-state index contributed by atoms with van der Waals surface area (Å²) >= 11 is 0. The van der Waals surface area contributed by atoms with Gasteiger partial charge in [0.25, 0.3) is 5.91 Å². The first kappa shape index (κ1) is 17.9. The molecule has 1 heterocycles. The van der Waals surface area contributed by atoms with Gasteiger partial charge in [-0.1, -0.05) is 26.3 Å². The van der Waals surface area contributed by atoms with Crippen LogP contribution in [0.1, 0.15) is 56.3 Å². The maximum Gasteiger partial charge on any atom is 0.251 e. The molecule has 1 aliphatic rings. The Balaban J connectivity index is 2.27. The van der Waals surface area contributed by atoms with E-state index in [2.05, 4.69) is 5.32 Å². The van der Waals surface area contributed by atoms with Gasteiger partial charge in [-0.2, -0.15) is 4.31 Å². The van der Waals surface area contributed by atoms with Crippen LogP contribution in [0, 0.1) is 0 Å². The predicted octanol–water partition coefficient (Wildman–Crippen LogP) is 2.78. The van der Waals surface area contributed by atoms with E-state index in [4.69, 9.17) is 0 Å². The number of hydrogen-bond donors (Lipinski definition) is 1. The van der Waals surface area contributed by atoms with Gasteiger partial charge in [-0.25, -0.2) is 8.42 Å². The summed E-state index contributed by atoms with van der Waals surface area (Å²) in [6.45, 7) is 5.14. The Kier molecular flexibility index (Phi) is 6.18. The highest BCUT2D eigenvalue weighted by molar-refractivity contribution is 7.89. The molecule has 0 aliphatic carbocycles. The van der Waals surface area contributed by atoms with Crippen LogP contribution in [0.15, 0.2) is 29.2 Å². The number of nitrogens with one attached hydrogen (secondary N) is 1. The fourth-order valence-electron chi connectivity index (χ4n) is 2.97. The molecule has 1 aromatic carbocycles. The largest absolute Gasteiger partial charge is 0.352 e. The second kappa shape index (κ2) is 7.93. The van der Waals surface area contributed by atoms with Gasteiger partial charge in [0.15, 0.2) is 0 Å². The smallest absolute Gasteiger partial charge is 0.251 e. The predicted molar refractivity (Wildman–Crippen MR) is 90.9 cm³/mol. The summed E-state index contributed by atoms with van der Waals surface area (Å²) in [4.78, 5) is 12.3. The van der Waals surface area contributed by atoms with E-state index in [-0.39, 0.29) is 16.8 Å². The second-order valence-corrected chi connectivity index (χ2v) is 7.85. The van der Waals surface area contributed by atoms with Gasteiger partial charge < -0.3 is 5.32 Å². The Bertz CT molecular complexity index is 643. The number of carbonyl (C=O) groups excluding carboxylic acids is 1. The molecule has 0 aromatic heterocycles. The van der Waals surface area contributed by atoms with Crippen molar-refractivity contribution in [2.75, 3.05) is 13.1 Å². The lowest BCUT2D eigenvalue weighted by Crippen LogP contribution is -2.43. The minimum absolute atomic E-state index is 0.0614. The van der Waals surface area contributed by atoms with Gasteiger partial charge in [-0.3, -0.25) is 4.79 Å². The molecule has 5 nitrogen and oxygen atoms in total. The lowest BCUT2D eigenvalue weighted by atomic mass is 10.0. The first-order chi connectivity index (χ1) is 11.0. The zero-order valence-corrected chi connectivity index (χ0v) is 14.7. The fraction of sp³-hybridized carbons (Fsp3) is 0.588. The van der Waals surface area contributed by atoms with Crippen molar-refractivity contribution in [2.45, 2.75) is 56.9 Å². The van der Waals surface area contributed by atoms with E-state index in [1.807, 2.05) is 13.8 Å². The zero-order valence-electron chi connectivity index (χ0n) is 13.9. The van der Waals surface area contributed by atoms with E-state index < -0.39 is 10.0 Å². The monoisotopic (exact) mass is 338 g/mol. The summed E-state index contributed by atoms with van der Waals surface area (Å²) in [5.41, 5.74) is 0.393. The summed E-state index contributed by atoms with van der Waals surface area (Å²) < 4.78 is 27.5. The van der Waals surface area contributed by atoms with Crippen molar-refractivity contribution in [3.05, 3.63) is 29.8 Å². The molecular formula is C17H26N2O3S. The Morgan fingerprint density at radius 1 is 1.30 bits per heavy atom. The lowest BCUT2D eigenvalue weighted by Gasteiger charge is -2.34. The van der Waals surface area contributed by atoms with E-state index in [1.54, 1.807) is 22.5 Å². The van der Waals surface area contributed by atoms with E-state index in [0.29, 0.717) is 18.7 Å². The van der Waals surface area contributed by atoms with E-state index >= 15 is 0 Å². The van der Waals surface area contributed by atoms with Crippen molar-refractivity contribution in [3.63, 3.8) is 0 Å². The SMILES string of the molecule is CCCNC(=O)c1cccc(S(=O)(=O)N2CCCCC2CC)c1. The highest BCUT2D eigenvalue weighted by Gasteiger charge is 2.32. The fourth-order valence-corrected chi connectivity index (χ4v) is 4.79. The number of piperidine rings is 1. The number of sulfonamides is 1. The van der Waals surface area contributed by atoms with Crippen LogP contribution in [0.3, 0.4) is 0 Å². The third kappa shape index (κ3) is 4.12. The Labute approximate surface area is 139 Å². The standard InChI is InChI=1S/C17H26N2O3S/c1-3-11-18-17(20)14-8-7-10-16(13-14)23(21,22)19-12-6-5-9-15(19)4-2/h7-8,10,13,15H,3-6,9,11-12H2,1-2H3,(H,18,20). The molecule has 1 saturated heterocycles. The molecule has 0 bridgehead atoms. The molecule has 1 aliphatic heterocycles. The summed E-state index contributed by atoms with van der Waals surface area (Å²) in [6.07, 6.45) is 4.54. The van der Waals surface area contributed by atoms with Crippen LogP contribution in [-0.2, 0) is 10.0 Å². The van der Waals surface area contributed by atoms with Gasteiger partial charge in [0.1, 0.15) is 0 Å². The zero-order chi connectivity index (χ0) is 16.9. The Morgan fingerprint density at radius 2 is 2.09 bits per heavy atom. The normalized spacial score (nSPS) is 19.5. The minimum Gasteiger partial charge on any atom is -0.352 e. The van der Waals surface area contributed by atoms with E-state index in [1.165, 1.54) is 6.07 Å². The Hall–Kier alpha value is -1.40. The number of nitrogens with zero attached hydrogens (tertiary/aromatic N) is 1. The van der Waals surface area contributed by atoms with E-state index in [9.17, 15) is 13.2 Å². The molecule has 0 saturated carbocycles. The molecule has 1 fully saturated rings. The highest BCUT2D eigenvalue weighted by Crippen LogP contribution is 2.27. The molecule has 1 unspecified atom stereocenters. The average molecular weight is 338 g/mol. The molecular weight excluding hydrogens is 312 g/mol. The van der Waals surface area contributed by atoms with Gasteiger partial charge in [-0.05, 0) is 43.9 Å². The number of benzene rings is 1. The van der Waals surface area contributed by atoms with Crippen LogP contribution in [0.25, 0.3) is 0 Å². The minimum atomic E-state index is -3.55. The van der Waals surface area contributed by atoms with Crippen LogP contribution >= 0.6 is 0 Å². The number of rotatable bonds is 6. The number of carbonyl (C=O) groups is 1. The van der Waals surface area contributed by atoms with Crippen molar-refractivity contribution < 1.29 is 13.2 Å². The summed E-state index contributed by atoms with van der Waals surface area (Å²) in [5, 5.41) is 2.78. The molecule has 2 rings (SSSR count). The molecule has 6 heteroatoms. The van der Waals surface area contributed by atoms with Crippen LogP contribution in [0.2, 0.25) is 0 Å². The maximum absolute atomic E-state index is 12.9. The van der Waals surface area contributed by atoms with Crippen LogP contribution < -0.4 is 5.32 Å². The van der Waals surface area contributed by atoms with Gasteiger partial charge in [0, 0.05) is 24.7 Å². The van der Waals surface area contributed by atoms with Gasteiger partial charge in [0.05, 0.1) is 4.90 Å². The van der Waals surface area contributed by atoms with Crippen molar-refractivity contribution >= 4 is 15.9 Å². The van der Waals surface area contributed by atoms with Crippen LogP contribution in [0.4, 0.5) is 0 Å². The highest BCUT2D eigenvalue weighted by atomic mass is 32.2. The molecule has 0 spiro atoms. The van der Waals surface area contributed by atoms with Crippen molar-refractivity contribution in [3.8, 4) is 0 Å². The van der Waals surface area contributed by atoms with Crippen LogP contribution in [-0.4, -0.2) is 37.8 Å². The Morgan fingerprint density at radius 3 is 2.78 bits per heavy atom. The molecule has 1 aromatic rings. The summed E-state index contributed by atoms with van der Waals surface area (Å²) in [7, 11) is -3.55. The molecule has 1 atom stereocenters. The third-order valence-corrected chi connectivity index (χ3v) is 6.23. The second-order valence-electron chi connectivity index (χ2n) is 5.96. The van der Waals surface area contributed by atoms with Crippen molar-refractivity contribution in [1.82, 2.24) is 9.62 Å². The van der Waals surface area contributed by atoms with Gasteiger partial charge in [0.2, 0.25) is 10.0 Å². The molecule has 1 amide bonds. The topological polar surface area (TPSA) is 66.5 Å². The van der Waals surface area contributed by atoms with E-state index in [0.717, 1.165) is 32.1 Å². The van der Waals surface area contributed by atoms with Gasteiger partial charge in [-0.15, -0.1) is 0 Å². The molecule has 0 radical (unpaired) electrons. The quantitative estimate of drug-likeness (QED) is 0.867.